The van der Waals surface area contributed by atoms with Crippen LogP contribution in [0.5, 0.6) is 0 Å². The molecule has 188 valence electrons. The highest BCUT2D eigenvalue weighted by atomic mass is 35.5. The van der Waals surface area contributed by atoms with E-state index in [4.69, 9.17) is 22.3 Å². The number of aryl methyl sites for hydroxylation is 1. The second kappa shape index (κ2) is 9.40. The molecule has 1 fully saturated rings. The van der Waals surface area contributed by atoms with E-state index in [9.17, 15) is 4.39 Å². The van der Waals surface area contributed by atoms with E-state index in [0.29, 0.717) is 12.5 Å². The molecule has 1 aromatic heterocycles. The smallest absolute Gasteiger partial charge is 0.140 e. The summed E-state index contributed by atoms with van der Waals surface area (Å²) in [6.45, 7) is 5.53. The molecule has 1 aliphatic carbocycles. The van der Waals surface area contributed by atoms with Crippen molar-refractivity contribution >= 4 is 23.1 Å². The SMILES string of the molecule is C[C@@H]1CCc2ncnc(N3C[C@]4(CCCN([C@H](CCN)c5ccc(Cl)cc5)C4)c4cc(F)ccc43)c21. The molecule has 0 bridgehead atoms. The van der Waals surface area contributed by atoms with Gasteiger partial charge in [0.25, 0.3) is 0 Å². The minimum Gasteiger partial charge on any atom is -0.330 e. The molecule has 7 heteroatoms. The summed E-state index contributed by atoms with van der Waals surface area (Å²) in [5.74, 6) is 1.26. The molecule has 2 N–H and O–H groups in total. The minimum absolute atomic E-state index is 0.172. The van der Waals surface area contributed by atoms with Crippen molar-refractivity contribution in [2.24, 2.45) is 5.73 Å². The maximum absolute atomic E-state index is 14.7. The van der Waals surface area contributed by atoms with Crippen molar-refractivity contribution in [3.63, 3.8) is 0 Å². The first-order valence-corrected chi connectivity index (χ1v) is 13.5. The lowest BCUT2D eigenvalue weighted by atomic mass is 9.75. The average molecular weight is 506 g/mol. The van der Waals surface area contributed by atoms with Gasteiger partial charge in [0.1, 0.15) is 18.0 Å². The van der Waals surface area contributed by atoms with Crippen molar-refractivity contribution in [1.82, 2.24) is 14.9 Å². The summed E-state index contributed by atoms with van der Waals surface area (Å²) in [6, 6.07) is 13.7. The second-order valence-electron chi connectivity index (χ2n) is 10.7. The molecule has 3 aliphatic rings. The zero-order chi connectivity index (χ0) is 24.9. The highest BCUT2D eigenvalue weighted by Crippen LogP contribution is 2.51. The fourth-order valence-electron chi connectivity index (χ4n) is 6.85. The van der Waals surface area contributed by atoms with Crippen LogP contribution in [0.25, 0.3) is 0 Å². The van der Waals surface area contributed by atoms with Crippen molar-refractivity contribution in [1.29, 1.82) is 0 Å². The normalized spacial score (nSPS) is 24.2. The van der Waals surface area contributed by atoms with Gasteiger partial charge < -0.3 is 10.6 Å². The first kappa shape index (κ1) is 23.8. The van der Waals surface area contributed by atoms with Gasteiger partial charge in [-0.3, -0.25) is 4.90 Å². The van der Waals surface area contributed by atoms with Gasteiger partial charge in [-0.1, -0.05) is 30.7 Å². The average Bonchev–Trinajstić information content (AvgIpc) is 3.41. The lowest BCUT2D eigenvalue weighted by Gasteiger charge is -2.44. The molecular formula is C29H33ClFN5. The number of benzene rings is 2. The second-order valence-corrected chi connectivity index (χ2v) is 11.2. The van der Waals surface area contributed by atoms with E-state index >= 15 is 0 Å². The largest absolute Gasteiger partial charge is 0.330 e. The highest BCUT2D eigenvalue weighted by Gasteiger charge is 2.48. The number of fused-ring (bicyclic) bond motifs is 3. The number of hydrogen-bond donors (Lipinski definition) is 1. The quantitative estimate of drug-likeness (QED) is 0.468. The van der Waals surface area contributed by atoms with Crippen molar-refractivity contribution < 1.29 is 4.39 Å². The van der Waals surface area contributed by atoms with E-state index in [1.165, 1.54) is 11.1 Å². The van der Waals surface area contributed by atoms with Crippen LogP contribution >= 0.6 is 11.6 Å². The highest BCUT2D eigenvalue weighted by molar-refractivity contribution is 6.30. The Balaban J connectivity index is 1.40. The third kappa shape index (κ3) is 4.00. The maximum Gasteiger partial charge on any atom is 0.140 e. The van der Waals surface area contributed by atoms with E-state index in [1.54, 1.807) is 18.5 Å². The number of anilines is 2. The van der Waals surface area contributed by atoms with Crippen LogP contribution in [0.3, 0.4) is 0 Å². The molecule has 3 aromatic rings. The van der Waals surface area contributed by atoms with Gasteiger partial charge in [0.05, 0.1) is 0 Å². The molecule has 2 aromatic carbocycles. The van der Waals surface area contributed by atoms with Gasteiger partial charge in [-0.25, -0.2) is 14.4 Å². The lowest BCUT2D eigenvalue weighted by molar-refractivity contribution is 0.104. The Labute approximate surface area is 217 Å². The van der Waals surface area contributed by atoms with Crippen molar-refractivity contribution in [2.45, 2.75) is 56.4 Å². The molecule has 2 aliphatic heterocycles. The number of halogens is 2. The van der Waals surface area contributed by atoms with E-state index in [-0.39, 0.29) is 17.3 Å². The number of likely N-dealkylation sites (tertiary alicyclic amines) is 1. The molecule has 3 atom stereocenters. The summed E-state index contributed by atoms with van der Waals surface area (Å²) in [5, 5.41) is 0.739. The molecule has 3 heterocycles. The Morgan fingerprint density at radius 2 is 2.00 bits per heavy atom. The topological polar surface area (TPSA) is 58.3 Å². The molecule has 0 unspecified atom stereocenters. The standard InChI is InChI=1S/C29H33ClFN5/c1-19-3-9-24-27(19)28(34-18-33-24)36-17-29(23-15-22(31)8-10-26(23)36)12-2-14-35(16-29)25(11-13-32)20-4-6-21(30)7-5-20/h4-8,10,15,18-19,25H,2-3,9,11-14,16-17,32H2,1H3/t19-,25-,29-/m1/s1. The number of aromatic nitrogens is 2. The van der Waals surface area contributed by atoms with Gasteiger partial charge in [0.2, 0.25) is 0 Å². The predicted molar refractivity (Wildman–Crippen MR) is 143 cm³/mol. The number of nitrogens with two attached hydrogens (primary N) is 1. The van der Waals surface area contributed by atoms with Crippen LogP contribution in [0.15, 0.2) is 48.8 Å². The Morgan fingerprint density at radius 1 is 1.17 bits per heavy atom. The third-order valence-corrected chi connectivity index (χ3v) is 8.78. The Hall–Kier alpha value is -2.54. The van der Waals surface area contributed by atoms with Crippen LogP contribution in [0, 0.1) is 5.82 Å². The van der Waals surface area contributed by atoms with E-state index < -0.39 is 0 Å². The summed E-state index contributed by atoms with van der Waals surface area (Å²) in [4.78, 5) is 14.3. The molecule has 0 saturated carbocycles. The molecule has 1 saturated heterocycles. The molecule has 5 nitrogen and oxygen atoms in total. The van der Waals surface area contributed by atoms with Crippen LogP contribution in [0.1, 0.15) is 67.0 Å². The van der Waals surface area contributed by atoms with Crippen LogP contribution < -0.4 is 10.6 Å². The molecular weight excluding hydrogens is 473 g/mol. The molecule has 1 spiro atoms. The minimum atomic E-state index is -0.176. The summed E-state index contributed by atoms with van der Waals surface area (Å²) in [7, 11) is 0. The van der Waals surface area contributed by atoms with Crippen LogP contribution in [-0.4, -0.2) is 41.0 Å². The number of nitrogens with zero attached hydrogens (tertiary/aromatic N) is 4. The predicted octanol–water partition coefficient (Wildman–Crippen LogP) is 5.89. The van der Waals surface area contributed by atoms with Gasteiger partial charge in [0, 0.05) is 46.5 Å². The van der Waals surface area contributed by atoms with Crippen LogP contribution in [0.4, 0.5) is 15.9 Å². The molecule has 0 radical (unpaired) electrons. The van der Waals surface area contributed by atoms with Gasteiger partial charge in [0.15, 0.2) is 0 Å². The summed E-state index contributed by atoms with van der Waals surface area (Å²) in [5.41, 5.74) is 11.8. The Bertz CT molecular complexity index is 1270. The Morgan fingerprint density at radius 3 is 2.81 bits per heavy atom. The van der Waals surface area contributed by atoms with Gasteiger partial charge in [-0.2, -0.15) is 0 Å². The van der Waals surface area contributed by atoms with E-state index in [0.717, 1.165) is 79.5 Å². The van der Waals surface area contributed by atoms with Crippen LogP contribution in [0.2, 0.25) is 5.02 Å². The van der Waals surface area contributed by atoms with Crippen molar-refractivity contribution in [2.75, 3.05) is 31.1 Å². The number of rotatable bonds is 5. The van der Waals surface area contributed by atoms with Crippen LogP contribution in [-0.2, 0) is 11.8 Å². The molecule has 6 rings (SSSR count). The fourth-order valence-corrected chi connectivity index (χ4v) is 6.98. The number of hydrogen-bond acceptors (Lipinski definition) is 5. The number of piperidine rings is 1. The fraction of sp³-hybridized carbons (Fsp3) is 0.448. The summed E-state index contributed by atoms with van der Waals surface area (Å²) in [6.07, 6.45) is 6.74. The molecule has 36 heavy (non-hydrogen) atoms. The third-order valence-electron chi connectivity index (χ3n) is 8.53. The summed E-state index contributed by atoms with van der Waals surface area (Å²) >= 11 is 6.18. The van der Waals surface area contributed by atoms with Gasteiger partial charge in [-0.15, -0.1) is 0 Å². The van der Waals surface area contributed by atoms with Gasteiger partial charge in [-0.05, 0) is 92.6 Å². The van der Waals surface area contributed by atoms with Crippen molar-refractivity contribution in [3.8, 4) is 0 Å². The van der Waals surface area contributed by atoms with E-state index in [1.807, 2.05) is 18.2 Å². The first-order valence-electron chi connectivity index (χ1n) is 13.1. The lowest BCUT2D eigenvalue weighted by Crippen LogP contribution is -2.49. The van der Waals surface area contributed by atoms with E-state index in [2.05, 4.69) is 33.8 Å². The maximum atomic E-state index is 14.7. The Kier molecular flexibility index (Phi) is 6.22. The van der Waals surface area contributed by atoms with Gasteiger partial charge >= 0.3 is 0 Å². The monoisotopic (exact) mass is 505 g/mol. The zero-order valence-electron chi connectivity index (χ0n) is 20.8. The zero-order valence-corrected chi connectivity index (χ0v) is 21.5. The first-order chi connectivity index (χ1) is 17.5. The molecule has 0 amide bonds. The van der Waals surface area contributed by atoms with Crippen molar-refractivity contribution in [3.05, 3.63) is 82.0 Å². The summed E-state index contributed by atoms with van der Waals surface area (Å²) < 4.78 is 14.7.